The number of rotatable bonds is 0. The second-order valence-corrected chi connectivity index (χ2v) is 8.18. The Morgan fingerprint density at radius 3 is 3.04 bits per heavy atom. The quantitative estimate of drug-likeness (QED) is 0.765. The number of benzene rings is 1. The molecule has 2 fully saturated rings. The molecule has 2 aromatic rings. The minimum Gasteiger partial charge on any atom is -0.433 e. The molecule has 124 valence electrons. The van der Waals surface area contributed by atoms with E-state index in [-0.39, 0.29) is 5.54 Å². The van der Waals surface area contributed by atoms with Crippen LogP contribution in [0.15, 0.2) is 24.4 Å². The van der Waals surface area contributed by atoms with E-state index in [0.29, 0.717) is 18.7 Å². The van der Waals surface area contributed by atoms with Gasteiger partial charge in [-0.05, 0) is 37.0 Å². The van der Waals surface area contributed by atoms with Crippen molar-refractivity contribution in [3.63, 3.8) is 0 Å². The summed E-state index contributed by atoms with van der Waals surface area (Å²) in [4.78, 5) is 7.76. The minimum absolute atomic E-state index is 0.0452. The van der Waals surface area contributed by atoms with Gasteiger partial charge in [-0.25, -0.2) is 9.88 Å². The number of thiazole rings is 1. The summed E-state index contributed by atoms with van der Waals surface area (Å²) in [5.74, 6) is 0.334. The number of hydrogen-bond acceptors (Lipinski definition) is 7. The summed E-state index contributed by atoms with van der Waals surface area (Å²) in [5.41, 5.74) is 1.15. The fourth-order valence-corrected chi connectivity index (χ4v) is 4.96. The summed E-state index contributed by atoms with van der Waals surface area (Å²) in [6.07, 6.45) is 4.04. The average molecular weight is 343 g/mol. The van der Waals surface area contributed by atoms with E-state index in [1.54, 1.807) is 11.3 Å². The van der Waals surface area contributed by atoms with Gasteiger partial charge in [0, 0.05) is 24.2 Å². The molecule has 3 aliphatic heterocycles. The normalized spacial score (nSPS) is 31.6. The number of aliphatic hydroxyl groups excluding tert-OH is 1. The molecule has 1 saturated carbocycles. The van der Waals surface area contributed by atoms with Gasteiger partial charge in [0.05, 0.1) is 5.54 Å². The third-order valence-electron chi connectivity index (χ3n) is 5.54. The van der Waals surface area contributed by atoms with Crippen molar-refractivity contribution in [2.24, 2.45) is 0 Å². The highest BCUT2D eigenvalue weighted by molar-refractivity contribution is 7.15. The number of aliphatic hydroxyl groups is 1. The van der Waals surface area contributed by atoms with Gasteiger partial charge in [-0.3, -0.25) is 0 Å². The number of anilines is 1. The third-order valence-corrected chi connectivity index (χ3v) is 6.44. The highest BCUT2D eigenvalue weighted by Crippen LogP contribution is 2.53. The highest BCUT2D eigenvalue weighted by Gasteiger charge is 2.58. The van der Waals surface area contributed by atoms with Crippen LogP contribution >= 0.6 is 11.3 Å². The fourth-order valence-electron chi connectivity index (χ4n) is 4.03. The number of ether oxygens (including phenoxy) is 2. The Balaban J connectivity index is 1.54. The predicted octanol–water partition coefficient (Wildman–Crippen LogP) is 2.25. The molecular formula is C17H17N3O3S. The molecular weight excluding hydrogens is 326 g/mol. The first kappa shape index (κ1) is 13.5. The zero-order valence-corrected chi connectivity index (χ0v) is 13.8. The van der Waals surface area contributed by atoms with Crippen molar-refractivity contribution < 1.29 is 14.6 Å². The van der Waals surface area contributed by atoms with E-state index in [4.69, 9.17) is 9.47 Å². The number of aromatic nitrogens is 1. The average Bonchev–Trinajstić information content (AvgIpc) is 2.93. The van der Waals surface area contributed by atoms with E-state index in [1.165, 1.54) is 5.56 Å². The van der Waals surface area contributed by atoms with Gasteiger partial charge in [0.15, 0.2) is 16.6 Å². The van der Waals surface area contributed by atoms with Crippen LogP contribution < -0.4 is 14.8 Å². The van der Waals surface area contributed by atoms with E-state index in [2.05, 4.69) is 27.3 Å². The zero-order chi connectivity index (χ0) is 15.9. The van der Waals surface area contributed by atoms with Crippen molar-refractivity contribution in [3.05, 3.63) is 34.8 Å². The maximum atomic E-state index is 10.6. The summed E-state index contributed by atoms with van der Waals surface area (Å²) in [6.45, 7) is 1.39. The molecule has 1 aliphatic carbocycles. The van der Waals surface area contributed by atoms with Crippen molar-refractivity contribution in [1.82, 2.24) is 9.88 Å². The van der Waals surface area contributed by atoms with Crippen molar-refractivity contribution in [1.29, 1.82) is 0 Å². The van der Waals surface area contributed by atoms with Crippen molar-refractivity contribution in [2.45, 2.75) is 43.4 Å². The Kier molecular flexibility index (Phi) is 2.37. The molecule has 24 heavy (non-hydrogen) atoms. The SMILES string of the molecule is O[C@@H]1CCN2Cc3cnc(s3)NC3(CC3)c3ccc4c(c3)OC12O4. The van der Waals surface area contributed by atoms with Crippen molar-refractivity contribution in [2.75, 3.05) is 11.9 Å². The summed E-state index contributed by atoms with van der Waals surface area (Å²) in [6, 6.07) is 6.12. The molecule has 1 aromatic heterocycles. The minimum atomic E-state index is -1.10. The lowest BCUT2D eigenvalue weighted by atomic mass is 10.0. The van der Waals surface area contributed by atoms with Crippen molar-refractivity contribution in [3.8, 4) is 11.5 Å². The topological polar surface area (TPSA) is 66.9 Å². The zero-order valence-electron chi connectivity index (χ0n) is 13.0. The van der Waals surface area contributed by atoms with Crippen LogP contribution in [0.2, 0.25) is 0 Å². The molecule has 0 radical (unpaired) electrons. The van der Waals surface area contributed by atoms with E-state index >= 15 is 0 Å². The highest BCUT2D eigenvalue weighted by atomic mass is 32.1. The van der Waals surface area contributed by atoms with Gasteiger partial charge in [0.25, 0.3) is 0 Å². The Morgan fingerprint density at radius 2 is 2.17 bits per heavy atom. The maximum absolute atomic E-state index is 10.6. The van der Waals surface area contributed by atoms with E-state index in [9.17, 15) is 5.11 Å². The lowest BCUT2D eigenvalue weighted by molar-refractivity contribution is -0.227. The van der Waals surface area contributed by atoms with Gasteiger partial charge >= 0.3 is 5.91 Å². The number of nitrogens with zero attached hydrogens (tertiary/aromatic N) is 2. The lowest BCUT2D eigenvalue weighted by Gasteiger charge is -2.34. The molecule has 2 N–H and O–H groups in total. The van der Waals surface area contributed by atoms with Crippen LogP contribution in [0.25, 0.3) is 0 Å². The molecule has 1 aromatic carbocycles. The molecule has 1 unspecified atom stereocenters. The molecule has 4 aliphatic rings. The summed E-state index contributed by atoms with van der Waals surface area (Å²) in [5, 5.41) is 15.2. The first-order valence-corrected chi connectivity index (χ1v) is 9.17. The van der Waals surface area contributed by atoms with Gasteiger partial charge < -0.3 is 19.9 Å². The van der Waals surface area contributed by atoms with Crippen molar-refractivity contribution >= 4 is 16.5 Å². The van der Waals surface area contributed by atoms with Gasteiger partial charge in [-0.15, -0.1) is 11.3 Å². The molecule has 7 heteroatoms. The maximum Gasteiger partial charge on any atom is 0.343 e. The van der Waals surface area contributed by atoms with Crippen LogP contribution in [-0.4, -0.2) is 33.6 Å². The number of nitrogens with one attached hydrogen (secondary N) is 1. The van der Waals surface area contributed by atoms with Crippen LogP contribution in [0.5, 0.6) is 11.5 Å². The van der Waals surface area contributed by atoms with Crippen LogP contribution in [0.3, 0.4) is 0 Å². The van der Waals surface area contributed by atoms with Crippen LogP contribution in [0.4, 0.5) is 5.13 Å². The lowest BCUT2D eigenvalue weighted by Crippen LogP contribution is -2.56. The fraction of sp³-hybridized carbons (Fsp3) is 0.471. The van der Waals surface area contributed by atoms with E-state index in [0.717, 1.165) is 35.1 Å². The molecule has 4 heterocycles. The van der Waals surface area contributed by atoms with Gasteiger partial charge in [0.2, 0.25) is 0 Å². The number of fused-ring (bicyclic) bond motifs is 4. The predicted molar refractivity (Wildman–Crippen MR) is 88.1 cm³/mol. The molecule has 5 bridgehead atoms. The third kappa shape index (κ3) is 1.64. The largest absolute Gasteiger partial charge is 0.433 e. The smallest absolute Gasteiger partial charge is 0.343 e. The monoisotopic (exact) mass is 343 g/mol. The van der Waals surface area contributed by atoms with E-state index < -0.39 is 12.0 Å². The Bertz CT molecular complexity index is 849. The van der Waals surface area contributed by atoms with Gasteiger partial charge in [-0.2, -0.15) is 0 Å². The number of hydrogen-bond donors (Lipinski definition) is 2. The van der Waals surface area contributed by atoms with Gasteiger partial charge in [-0.1, -0.05) is 6.07 Å². The Morgan fingerprint density at radius 1 is 1.29 bits per heavy atom. The van der Waals surface area contributed by atoms with Crippen LogP contribution in [-0.2, 0) is 12.1 Å². The summed E-state index contributed by atoms with van der Waals surface area (Å²) in [7, 11) is 0. The molecule has 0 amide bonds. The molecule has 6 nitrogen and oxygen atoms in total. The van der Waals surface area contributed by atoms with Crippen LogP contribution in [0, 0.1) is 0 Å². The second-order valence-electron chi connectivity index (χ2n) is 7.06. The first-order valence-electron chi connectivity index (χ1n) is 8.36. The van der Waals surface area contributed by atoms with Crippen LogP contribution in [0.1, 0.15) is 29.7 Å². The molecule has 2 spiro atoms. The van der Waals surface area contributed by atoms with E-state index in [1.807, 2.05) is 12.3 Å². The summed E-state index contributed by atoms with van der Waals surface area (Å²) < 4.78 is 12.4. The first-order chi connectivity index (χ1) is 11.7. The molecule has 1 saturated heterocycles. The molecule has 2 atom stereocenters. The standard InChI is InChI=1S/C17H17N3O3S/c21-14-3-6-20-9-11-8-18-15(24-11)19-16(4-5-16)10-1-2-12-13(7-10)23-17(14,20)22-12/h1-2,7-8,14,21H,3-6,9H2,(H,18,19)/t14-,17?/m1/s1. The Labute approximate surface area is 143 Å². The second kappa shape index (κ2) is 4.22. The van der Waals surface area contributed by atoms with Gasteiger partial charge in [0.1, 0.15) is 6.10 Å². The molecule has 6 rings (SSSR count). The Hall–Kier alpha value is -1.83. The summed E-state index contributed by atoms with van der Waals surface area (Å²) >= 11 is 1.67.